The van der Waals surface area contributed by atoms with Crippen molar-refractivity contribution in [2.75, 3.05) is 18.5 Å². The Morgan fingerprint density at radius 3 is 2.55 bits per heavy atom. The lowest BCUT2D eigenvalue weighted by Gasteiger charge is -2.44. The van der Waals surface area contributed by atoms with E-state index in [-0.39, 0.29) is 24.3 Å². The van der Waals surface area contributed by atoms with Gasteiger partial charge in [0.15, 0.2) is 6.61 Å². The Morgan fingerprint density at radius 1 is 1.07 bits per heavy atom. The maximum absolute atomic E-state index is 12.8. The van der Waals surface area contributed by atoms with Crippen LogP contribution in [-0.2, 0) is 14.3 Å². The average molecular weight is 419 g/mol. The first-order chi connectivity index (χ1) is 14.0. The number of carbonyl (C=O) groups is 3. The second-order valence-corrected chi connectivity index (χ2v) is 9.89. The monoisotopic (exact) mass is 418 g/mol. The van der Waals surface area contributed by atoms with Gasteiger partial charge in [0.1, 0.15) is 5.00 Å². The molecule has 29 heavy (non-hydrogen) atoms. The highest BCUT2D eigenvalue weighted by Gasteiger charge is 2.36. The molecule has 0 aromatic carbocycles. The molecule has 2 atom stereocenters. The lowest BCUT2D eigenvalue weighted by molar-refractivity contribution is -0.140. The van der Waals surface area contributed by atoms with Crippen molar-refractivity contribution in [2.45, 2.75) is 71.3 Å². The summed E-state index contributed by atoms with van der Waals surface area (Å²) < 4.78 is 5.44. The van der Waals surface area contributed by atoms with E-state index in [0.29, 0.717) is 22.5 Å². The molecular weight excluding hydrogens is 388 g/mol. The minimum absolute atomic E-state index is 0.0342. The fourth-order valence-corrected chi connectivity index (χ4v) is 5.79. The molecule has 1 N–H and O–H groups in total. The molecule has 3 fully saturated rings. The highest BCUT2D eigenvalue weighted by Crippen LogP contribution is 2.37. The minimum atomic E-state index is -0.525. The van der Waals surface area contributed by atoms with Gasteiger partial charge < -0.3 is 15.0 Å². The maximum atomic E-state index is 12.8. The predicted octanol–water partition coefficient (Wildman–Crippen LogP) is 4.05. The zero-order chi connectivity index (χ0) is 20.5. The van der Waals surface area contributed by atoms with Gasteiger partial charge in [0.2, 0.25) is 5.91 Å². The lowest BCUT2D eigenvalue weighted by Crippen LogP contribution is -2.50. The second-order valence-electron chi connectivity index (χ2n) is 8.67. The summed E-state index contributed by atoms with van der Waals surface area (Å²) in [5.41, 5.74) is 1.20. The SMILES string of the molecule is Cc1sc(NC(=O)C2CC2)c(C(=O)OCC(=O)N2CCC[C@@H]3CCCC[C@@H]32)c1C. The van der Waals surface area contributed by atoms with Crippen molar-refractivity contribution < 1.29 is 19.1 Å². The van der Waals surface area contributed by atoms with Crippen LogP contribution in [0.15, 0.2) is 0 Å². The van der Waals surface area contributed by atoms with Crippen molar-refractivity contribution >= 4 is 34.1 Å². The summed E-state index contributed by atoms with van der Waals surface area (Å²) >= 11 is 1.39. The van der Waals surface area contributed by atoms with Crippen LogP contribution in [0.25, 0.3) is 0 Å². The number of esters is 1. The third-order valence-electron chi connectivity index (χ3n) is 6.66. The normalized spacial score (nSPS) is 24.0. The van der Waals surface area contributed by atoms with E-state index in [1.807, 2.05) is 18.7 Å². The fraction of sp³-hybridized carbons (Fsp3) is 0.682. The number of anilines is 1. The van der Waals surface area contributed by atoms with E-state index >= 15 is 0 Å². The first kappa shape index (κ1) is 20.4. The number of rotatable bonds is 5. The Labute approximate surface area is 176 Å². The molecular formula is C22H30N2O4S. The van der Waals surface area contributed by atoms with Crippen LogP contribution in [0.3, 0.4) is 0 Å². The average Bonchev–Trinajstić information content (AvgIpc) is 3.53. The maximum Gasteiger partial charge on any atom is 0.341 e. The molecule has 1 saturated heterocycles. The Bertz CT molecular complexity index is 812. The quantitative estimate of drug-likeness (QED) is 0.732. The number of fused-ring (bicyclic) bond motifs is 1. The highest BCUT2D eigenvalue weighted by molar-refractivity contribution is 7.16. The molecule has 2 aliphatic carbocycles. The van der Waals surface area contributed by atoms with Crippen molar-refractivity contribution in [1.29, 1.82) is 0 Å². The third kappa shape index (κ3) is 4.34. The van der Waals surface area contributed by atoms with Gasteiger partial charge >= 0.3 is 5.97 Å². The van der Waals surface area contributed by atoms with E-state index in [4.69, 9.17) is 4.74 Å². The highest BCUT2D eigenvalue weighted by atomic mass is 32.1. The Morgan fingerprint density at radius 2 is 1.79 bits per heavy atom. The van der Waals surface area contributed by atoms with Gasteiger partial charge in [-0.2, -0.15) is 0 Å². The molecule has 2 heterocycles. The number of ether oxygens (including phenoxy) is 1. The first-order valence-electron chi connectivity index (χ1n) is 10.8. The predicted molar refractivity (Wildman–Crippen MR) is 112 cm³/mol. The number of amides is 2. The second kappa shape index (κ2) is 8.46. The Hall–Kier alpha value is -1.89. The number of thiophene rings is 1. The van der Waals surface area contributed by atoms with E-state index in [1.54, 1.807) is 0 Å². The van der Waals surface area contributed by atoms with Crippen LogP contribution in [0.5, 0.6) is 0 Å². The van der Waals surface area contributed by atoms with Crippen molar-refractivity contribution in [3.05, 3.63) is 16.0 Å². The molecule has 0 spiro atoms. The largest absolute Gasteiger partial charge is 0.452 e. The molecule has 0 unspecified atom stereocenters. The van der Waals surface area contributed by atoms with Gasteiger partial charge in [0, 0.05) is 23.4 Å². The molecule has 2 saturated carbocycles. The molecule has 6 nitrogen and oxygen atoms in total. The summed E-state index contributed by atoms with van der Waals surface area (Å²) in [5, 5.41) is 3.43. The lowest BCUT2D eigenvalue weighted by atomic mass is 9.78. The number of carbonyl (C=O) groups excluding carboxylic acids is 3. The number of piperidine rings is 1. The fourth-order valence-electron chi connectivity index (χ4n) is 4.74. The summed E-state index contributed by atoms with van der Waals surface area (Å²) in [6, 6.07) is 0.308. The third-order valence-corrected chi connectivity index (χ3v) is 7.79. The molecule has 1 aliphatic heterocycles. The van der Waals surface area contributed by atoms with Crippen LogP contribution in [0.2, 0.25) is 0 Å². The zero-order valence-electron chi connectivity index (χ0n) is 17.3. The first-order valence-corrected chi connectivity index (χ1v) is 11.6. The topological polar surface area (TPSA) is 75.7 Å². The van der Waals surface area contributed by atoms with Gasteiger partial charge in [-0.3, -0.25) is 9.59 Å². The summed E-state index contributed by atoms with van der Waals surface area (Å²) in [6.45, 7) is 4.31. The van der Waals surface area contributed by atoms with Gasteiger partial charge in [-0.25, -0.2) is 4.79 Å². The van der Waals surface area contributed by atoms with Gasteiger partial charge in [-0.1, -0.05) is 12.8 Å². The van der Waals surface area contributed by atoms with Crippen molar-refractivity contribution in [1.82, 2.24) is 4.90 Å². The molecule has 0 bridgehead atoms. The van der Waals surface area contributed by atoms with Gasteiger partial charge in [-0.15, -0.1) is 11.3 Å². The van der Waals surface area contributed by atoms with Crippen molar-refractivity contribution in [3.8, 4) is 0 Å². The van der Waals surface area contributed by atoms with E-state index < -0.39 is 5.97 Å². The molecule has 4 rings (SSSR count). The van der Waals surface area contributed by atoms with Crippen LogP contribution in [0, 0.1) is 25.7 Å². The van der Waals surface area contributed by atoms with E-state index in [9.17, 15) is 14.4 Å². The van der Waals surface area contributed by atoms with Crippen LogP contribution in [0.4, 0.5) is 5.00 Å². The zero-order valence-corrected chi connectivity index (χ0v) is 18.1. The summed E-state index contributed by atoms with van der Waals surface area (Å²) in [5.74, 6) is 0.00788. The van der Waals surface area contributed by atoms with E-state index in [2.05, 4.69) is 5.32 Å². The van der Waals surface area contributed by atoms with Crippen molar-refractivity contribution in [2.24, 2.45) is 11.8 Å². The summed E-state index contributed by atoms with van der Waals surface area (Å²) in [6.07, 6.45) is 8.72. The van der Waals surface area contributed by atoms with Crippen molar-refractivity contribution in [3.63, 3.8) is 0 Å². The molecule has 7 heteroatoms. The van der Waals surface area contributed by atoms with E-state index in [1.165, 1.54) is 37.0 Å². The molecule has 0 radical (unpaired) electrons. The number of hydrogen-bond donors (Lipinski definition) is 1. The number of nitrogens with one attached hydrogen (secondary N) is 1. The molecule has 1 aromatic rings. The minimum Gasteiger partial charge on any atom is -0.452 e. The van der Waals surface area contributed by atoms with E-state index in [0.717, 1.165) is 42.7 Å². The molecule has 2 amide bonds. The number of aryl methyl sites for hydroxylation is 1. The van der Waals surface area contributed by atoms with Crippen LogP contribution >= 0.6 is 11.3 Å². The Kier molecular flexibility index (Phi) is 5.95. The van der Waals surface area contributed by atoms with Crippen LogP contribution in [0.1, 0.15) is 72.2 Å². The standard InChI is InChI=1S/C22H30N2O4S/c1-13-14(2)29-21(23-20(26)16-9-10-16)19(13)22(27)28-12-18(25)24-11-5-7-15-6-3-4-8-17(15)24/h15-17H,3-12H2,1-2H3,(H,23,26)/t15-,17-/m0/s1. The molecule has 158 valence electrons. The van der Waals surface area contributed by atoms with Gasteiger partial charge in [-0.05, 0) is 63.9 Å². The smallest absolute Gasteiger partial charge is 0.341 e. The summed E-state index contributed by atoms with van der Waals surface area (Å²) in [7, 11) is 0. The Balaban J connectivity index is 1.40. The van der Waals surface area contributed by atoms with Crippen LogP contribution in [-0.4, -0.2) is 41.9 Å². The van der Waals surface area contributed by atoms with Gasteiger partial charge in [0.25, 0.3) is 5.91 Å². The number of nitrogens with zero attached hydrogens (tertiary/aromatic N) is 1. The number of likely N-dealkylation sites (tertiary alicyclic amines) is 1. The van der Waals surface area contributed by atoms with Crippen LogP contribution < -0.4 is 5.32 Å². The molecule has 3 aliphatic rings. The molecule has 1 aromatic heterocycles. The van der Waals surface area contributed by atoms with Gasteiger partial charge in [0.05, 0.1) is 5.56 Å². The summed E-state index contributed by atoms with van der Waals surface area (Å²) in [4.78, 5) is 40.7. The number of hydrogen-bond acceptors (Lipinski definition) is 5.